The Morgan fingerprint density at radius 1 is 1.13 bits per heavy atom. The van der Waals surface area contributed by atoms with E-state index < -0.39 is 5.91 Å². The predicted molar refractivity (Wildman–Crippen MR) is 81.9 cm³/mol. The molecule has 1 amide bonds. The number of allylic oxidation sites excluding steroid dienone is 2. The molecule has 3 N–H and O–H groups in total. The van der Waals surface area contributed by atoms with Gasteiger partial charge in [0, 0.05) is 29.2 Å². The molecule has 6 nitrogen and oxygen atoms in total. The Morgan fingerprint density at radius 2 is 1.78 bits per heavy atom. The maximum Gasteiger partial charge on any atom is 0.288 e. The fraction of sp³-hybridized carbons (Fsp3) is 0.294. The van der Waals surface area contributed by atoms with Crippen molar-refractivity contribution in [2.75, 3.05) is 5.43 Å². The summed E-state index contributed by atoms with van der Waals surface area (Å²) < 4.78 is 1.08. The zero-order chi connectivity index (χ0) is 15.7. The Hall–Kier alpha value is -2.76. The van der Waals surface area contributed by atoms with Crippen LogP contribution in [-0.2, 0) is 0 Å². The fourth-order valence-corrected chi connectivity index (χ4v) is 4.21. The standard InChI is InChI=1S/C17H15N3O3/c21-15(12-3-1-2-6-18-12)19-20-16(22)13-8-4-5-9(11-7-10(8)11)14(13)17(20)23/h1-6,8-11,22-23H,7H2,(H,19,21). The Balaban J connectivity index is 1.55. The van der Waals surface area contributed by atoms with Crippen LogP contribution in [0.25, 0.3) is 0 Å². The minimum Gasteiger partial charge on any atom is -0.493 e. The second kappa shape index (κ2) is 4.16. The number of rotatable bonds is 2. The van der Waals surface area contributed by atoms with Crippen molar-refractivity contribution in [1.82, 2.24) is 9.66 Å². The van der Waals surface area contributed by atoms with Crippen LogP contribution in [0.1, 0.15) is 39.9 Å². The van der Waals surface area contributed by atoms with Gasteiger partial charge in [0.05, 0.1) is 0 Å². The molecular formula is C17H15N3O3. The molecule has 2 bridgehead atoms. The fourth-order valence-electron chi connectivity index (χ4n) is 4.21. The molecule has 1 fully saturated rings. The van der Waals surface area contributed by atoms with Gasteiger partial charge in [-0.25, -0.2) is 0 Å². The SMILES string of the molecule is O=C(Nn1c(O)c2c(c1O)C1C=CC2C2CC12)c1ccccn1. The lowest BCUT2D eigenvalue weighted by atomic mass is 9.73. The van der Waals surface area contributed by atoms with Gasteiger partial charge in [-0.1, -0.05) is 18.2 Å². The molecule has 6 heteroatoms. The summed E-state index contributed by atoms with van der Waals surface area (Å²) in [6.45, 7) is 0. The maximum absolute atomic E-state index is 12.3. The first kappa shape index (κ1) is 12.8. The van der Waals surface area contributed by atoms with E-state index in [2.05, 4.69) is 22.6 Å². The number of nitrogens with zero attached hydrogens (tertiary/aromatic N) is 2. The number of hydrogen-bond acceptors (Lipinski definition) is 4. The monoisotopic (exact) mass is 309 g/mol. The predicted octanol–water partition coefficient (Wildman–Crippen LogP) is 2.06. The molecular weight excluding hydrogens is 294 g/mol. The minimum absolute atomic E-state index is 0.0773. The van der Waals surface area contributed by atoms with E-state index in [4.69, 9.17) is 0 Å². The van der Waals surface area contributed by atoms with Crippen molar-refractivity contribution in [3.05, 3.63) is 53.4 Å². The van der Waals surface area contributed by atoms with Crippen LogP contribution in [0.4, 0.5) is 0 Å². The van der Waals surface area contributed by atoms with Crippen LogP contribution in [0.5, 0.6) is 11.8 Å². The molecule has 2 heterocycles. The summed E-state index contributed by atoms with van der Waals surface area (Å²) in [7, 11) is 0. The second-order valence-electron chi connectivity index (χ2n) is 6.47. The lowest BCUT2D eigenvalue weighted by molar-refractivity contribution is 0.0998. The van der Waals surface area contributed by atoms with Crippen molar-refractivity contribution in [1.29, 1.82) is 0 Å². The number of aromatic nitrogens is 2. The molecule has 23 heavy (non-hydrogen) atoms. The molecule has 4 atom stereocenters. The molecule has 0 spiro atoms. The third-order valence-electron chi connectivity index (χ3n) is 5.31. The van der Waals surface area contributed by atoms with E-state index in [1.165, 1.54) is 6.20 Å². The van der Waals surface area contributed by atoms with E-state index in [0.29, 0.717) is 11.8 Å². The van der Waals surface area contributed by atoms with Gasteiger partial charge in [0.25, 0.3) is 5.91 Å². The quantitative estimate of drug-likeness (QED) is 0.741. The number of amides is 1. The van der Waals surface area contributed by atoms with E-state index >= 15 is 0 Å². The molecule has 116 valence electrons. The van der Waals surface area contributed by atoms with Crippen LogP contribution in [-0.4, -0.2) is 25.8 Å². The minimum atomic E-state index is -0.478. The summed E-state index contributed by atoms with van der Waals surface area (Å²) in [6, 6.07) is 5.00. The van der Waals surface area contributed by atoms with E-state index in [9.17, 15) is 15.0 Å². The smallest absolute Gasteiger partial charge is 0.288 e. The van der Waals surface area contributed by atoms with E-state index in [-0.39, 0.29) is 29.3 Å². The molecule has 4 unspecified atom stereocenters. The van der Waals surface area contributed by atoms with Gasteiger partial charge in [0.1, 0.15) is 5.69 Å². The van der Waals surface area contributed by atoms with Gasteiger partial charge in [0.2, 0.25) is 11.8 Å². The Labute approximate surface area is 132 Å². The largest absolute Gasteiger partial charge is 0.493 e. The van der Waals surface area contributed by atoms with Crippen LogP contribution in [0, 0.1) is 11.8 Å². The first-order chi connectivity index (χ1) is 11.2. The number of pyridine rings is 1. The van der Waals surface area contributed by atoms with Gasteiger partial charge in [-0.15, -0.1) is 0 Å². The topological polar surface area (TPSA) is 87.4 Å². The van der Waals surface area contributed by atoms with Crippen molar-refractivity contribution in [3.8, 4) is 11.8 Å². The summed E-state index contributed by atoms with van der Waals surface area (Å²) in [6.07, 6.45) is 6.89. The van der Waals surface area contributed by atoms with Crippen LogP contribution >= 0.6 is 0 Å². The van der Waals surface area contributed by atoms with Crippen molar-refractivity contribution >= 4 is 5.91 Å². The number of carbonyl (C=O) groups excluding carboxylic acids is 1. The molecule has 4 aliphatic rings. The first-order valence-electron chi connectivity index (χ1n) is 7.74. The van der Waals surface area contributed by atoms with Gasteiger partial charge in [0.15, 0.2) is 0 Å². The summed E-state index contributed by atoms with van der Waals surface area (Å²) in [5.41, 5.74) is 4.28. The Kier molecular flexibility index (Phi) is 2.30. The molecule has 4 aliphatic carbocycles. The third-order valence-corrected chi connectivity index (χ3v) is 5.31. The first-order valence-corrected chi connectivity index (χ1v) is 7.74. The van der Waals surface area contributed by atoms with Crippen LogP contribution in [0.3, 0.4) is 0 Å². The average Bonchev–Trinajstić information content (AvgIpc) is 3.37. The lowest BCUT2D eigenvalue weighted by Crippen LogP contribution is -2.23. The van der Waals surface area contributed by atoms with Crippen molar-refractivity contribution in [2.24, 2.45) is 11.8 Å². The zero-order valence-corrected chi connectivity index (χ0v) is 12.2. The molecule has 0 saturated heterocycles. The highest BCUT2D eigenvalue weighted by molar-refractivity contribution is 5.98. The van der Waals surface area contributed by atoms with Gasteiger partial charge >= 0.3 is 0 Å². The highest BCUT2D eigenvalue weighted by Crippen LogP contribution is 2.67. The molecule has 6 rings (SSSR count). The van der Waals surface area contributed by atoms with Crippen LogP contribution in [0.2, 0.25) is 0 Å². The number of carbonyl (C=O) groups is 1. The van der Waals surface area contributed by atoms with Gasteiger partial charge in [-0.3, -0.25) is 15.2 Å². The lowest BCUT2D eigenvalue weighted by Gasteiger charge is -2.29. The van der Waals surface area contributed by atoms with Crippen molar-refractivity contribution in [2.45, 2.75) is 18.3 Å². The maximum atomic E-state index is 12.3. The number of hydrogen-bond donors (Lipinski definition) is 3. The Morgan fingerprint density at radius 3 is 2.35 bits per heavy atom. The number of nitrogens with one attached hydrogen (secondary N) is 1. The highest BCUT2D eigenvalue weighted by atomic mass is 16.3. The molecule has 1 saturated carbocycles. The van der Waals surface area contributed by atoms with Gasteiger partial charge in [-0.05, 0) is 30.4 Å². The van der Waals surface area contributed by atoms with Crippen molar-refractivity contribution in [3.63, 3.8) is 0 Å². The third kappa shape index (κ3) is 1.58. The van der Waals surface area contributed by atoms with E-state index in [1.807, 2.05) is 0 Å². The normalized spacial score (nSPS) is 29.0. The number of aromatic hydroxyl groups is 2. The van der Waals surface area contributed by atoms with Crippen molar-refractivity contribution < 1.29 is 15.0 Å². The molecule has 0 radical (unpaired) electrons. The Bertz CT molecular complexity index is 814. The van der Waals surface area contributed by atoms with E-state index in [0.717, 1.165) is 22.2 Å². The van der Waals surface area contributed by atoms with E-state index in [1.54, 1.807) is 18.2 Å². The van der Waals surface area contributed by atoms with Gasteiger partial charge < -0.3 is 10.2 Å². The zero-order valence-electron chi connectivity index (χ0n) is 12.2. The summed E-state index contributed by atoms with van der Waals surface area (Å²) in [5, 5.41) is 21.1. The second-order valence-corrected chi connectivity index (χ2v) is 6.47. The summed E-state index contributed by atoms with van der Waals surface area (Å²) >= 11 is 0. The summed E-state index contributed by atoms with van der Waals surface area (Å²) in [4.78, 5) is 16.2. The summed E-state index contributed by atoms with van der Waals surface area (Å²) in [5.74, 6) is 0.764. The van der Waals surface area contributed by atoms with Gasteiger partial charge in [-0.2, -0.15) is 4.68 Å². The molecule has 0 aromatic carbocycles. The highest BCUT2D eigenvalue weighted by Gasteiger charge is 2.57. The molecule has 0 aliphatic heterocycles. The molecule has 2 aromatic rings. The molecule has 2 aromatic heterocycles. The van der Waals surface area contributed by atoms with Crippen LogP contribution in [0.15, 0.2) is 36.5 Å². The van der Waals surface area contributed by atoms with Crippen LogP contribution < -0.4 is 5.43 Å². The average molecular weight is 309 g/mol.